The van der Waals surface area contributed by atoms with E-state index in [2.05, 4.69) is 49.6 Å². The molecule has 0 atom stereocenters. The molecule has 2 aromatic rings. The quantitative estimate of drug-likeness (QED) is 0.704. The van der Waals surface area contributed by atoms with Crippen molar-refractivity contribution in [3.05, 3.63) is 47.3 Å². The molecule has 1 heterocycles. The first-order valence-electron chi connectivity index (χ1n) is 9.00. The predicted molar refractivity (Wildman–Crippen MR) is 102 cm³/mol. The third-order valence-electron chi connectivity index (χ3n) is 4.93. The third kappa shape index (κ3) is 3.95. The summed E-state index contributed by atoms with van der Waals surface area (Å²) >= 11 is 1.82. The van der Waals surface area contributed by atoms with E-state index in [-0.39, 0.29) is 5.97 Å². The molecule has 0 radical (unpaired) electrons. The van der Waals surface area contributed by atoms with Crippen LogP contribution in [-0.4, -0.2) is 17.1 Å². The molecule has 0 bridgehead atoms. The summed E-state index contributed by atoms with van der Waals surface area (Å²) in [6.07, 6.45) is 3.24. The lowest BCUT2D eigenvalue weighted by Crippen LogP contribution is -2.24. The van der Waals surface area contributed by atoms with Gasteiger partial charge in [0.1, 0.15) is 6.54 Å². The van der Waals surface area contributed by atoms with Gasteiger partial charge in [-0.25, -0.2) is 0 Å². The molecule has 3 rings (SSSR count). The van der Waals surface area contributed by atoms with Crippen molar-refractivity contribution >= 4 is 17.7 Å². The first kappa shape index (κ1) is 18.1. The van der Waals surface area contributed by atoms with Crippen molar-refractivity contribution < 1.29 is 9.53 Å². The van der Waals surface area contributed by atoms with Crippen LogP contribution in [0.3, 0.4) is 0 Å². The van der Waals surface area contributed by atoms with Crippen LogP contribution in [0.25, 0.3) is 0 Å². The fraction of sp³-hybridized carbons (Fsp3) is 0.476. The molecule has 0 fully saturated rings. The van der Waals surface area contributed by atoms with Gasteiger partial charge in [0.15, 0.2) is 0 Å². The van der Waals surface area contributed by atoms with Crippen LogP contribution in [0, 0.1) is 12.3 Å². The van der Waals surface area contributed by atoms with Crippen molar-refractivity contribution in [3.8, 4) is 0 Å². The zero-order valence-electron chi connectivity index (χ0n) is 15.6. The smallest absolute Gasteiger partial charge is 0.325 e. The van der Waals surface area contributed by atoms with Crippen LogP contribution in [0.1, 0.15) is 44.1 Å². The number of hydrogen-bond donors (Lipinski definition) is 0. The van der Waals surface area contributed by atoms with E-state index >= 15 is 0 Å². The van der Waals surface area contributed by atoms with Crippen molar-refractivity contribution in [2.24, 2.45) is 5.41 Å². The van der Waals surface area contributed by atoms with Gasteiger partial charge in [0, 0.05) is 21.2 Å². The van der Waals surface area contributed by atoms with Gasteiger partial charge in [0.2, 0.25) is 0 Å². The topological polar surface area (TPSA) is 31.2 Å². The Morgan fingerprint density at radius 2 is 2.00 bits per heavy atom. The van der Waals surface area contributed by atoms with Gasteiger partial charge in [0.25, 0.3) is 0 Å². The Morgan fingerprint density at radius 3 is 2.68 bits per heavy atom. The molecule has 0 unspecified atom stereocenters. The van der Waals surface area contributed by atoms with Crippen LogP contribution in [0.5, 0.6) is 0 Å². The molecule has 4 heteroatoms. The second kappa shape index (κ2) is 7.28. The van der Waals surface area contributed by atoms with Crippen LogP contribution in [0.4, 0.5) is 0 Å². The summed E-state index contributed by atoms with van der Waals surface area (Å²) in [4.78, 5) is 14.7. The van der Waals surface area contributed by atoms with Gasteiger partial charge < -0.3 is 9.30 Å². The Hall–Kier alpha value is -1.68. The Balaban J connectivity index is 2.01. The van der Waals surface area contributed by atoms with E-state index in [1.54, 1.807) is 0 Å². The van der Waals surface area contributed by atoms with Gasteiger partial charge in [-0.1, -0.05) is 43.8 Å². The molecule has 134 valence electrons. The molecule has 0 amide bonds. The van der Waals surface area contributed by atoms with E-state index in [4.69, 9.17) is 4.74 Å². The molecular formula is C21H27NO2S. The van der Waals surface area contributed by atoms with E-state index in [0.29, 0.717) is 18.6 Å². The standard InChI is InChI=1S/C21H27NO2S/c1-5-24-19(23)14-22-15(2)20(25-16-9-7-6-8-10-16)17-13-21(3,4)12-11-18(17)22/h6-10H,5,11-14H2,1-4H3. The lowest BCUT2D eigenvalue weighted by atomic mass is 9.76. The summed E-state index contributed by atoms with van der Waals surface area (Å²) < 4.78 is 7.38. The maximum atomic E-state index is 12.1. The Labute approximate surface area is 154 Å². The zero-order chi connectivity index (χ0) is 18.0. The lowest BCUT2D eigenvalue weighted by molar-refractivity contribution is -0.143. The third-order valence-corrected chi connectivity index (χ3v) is 6.19. The van der Waals surface area contributed by atoms with E-state index in [1.165, 1.54) is 26.7 Å². The number of rotatable bonds is 5. The molecule has 1 aromatic heterocycles. The molecule has 0 aliphatic heterocycles. The van der Waals surface area contributed by atoms with Crippen molar-refractivity contribution in [2.75, 3.05) is 6.61 Å². The summed E-state index contributed by atoms with van der Waals surface area (Å²) in [6, 6.07) is 10.5. The summed E-state index contributed by atoms with van der Waals surface area (Å²) in [7, 11) is 0. The second-order valence-corrected chi connectivity index (χ2v) is 8.57. The highest BCUT2D eigenvalue weighted by molar-refractivity contribution is 7.99. The molecule has 1 aromatic carbocycles. The Morgan fingerprint density at radius 1 is 1.28 bits per heavy atom. The fourth-order valence-corrected chi connectivity index (χ4v) is 4.72. The molecule has 0 spiro atoms. The number of nitrogens with zero attached hydrogens (tertiary/aromatic N) is 1. The number of benzene rings is 1. The maximum Gasteiger partial charge on any atom is 0.325 e. The summed E-state index contributed by atoms with van der Waals surface area (Å²) in [5.41, 5.74) is 4.24. The van der Waals surface area contributed by atoms with E-state index in [0.717, 1.165) is 19.3 Å². The van der Waals surface area contributed by atoms with Crippen molar-refractivity contribution in [1.29, 1.82) is 0 Å². The van der Waals surface area contributed by atoms with Crippen molar-refractivity contribution in [1.82, 2.24) is 4.57 Å². The van der Waals surface area contributed by atoms with Crippen molar-refractivity contribution in [3.63, 3.8) is 0 Å². The normalized spacial score (nSPS) is 15.7. The monoisotopic (exact) mass is 357 g/mol. The van der Waals surface area contributed by atoms with Crippen LogP contribution >= 0.6 is 11.8 Å². The SMILES string of the molecule is CCOC(=O)Cn1c(C)c(Sc2ccccc2)c2c1CCC(C)(C)C2. The van der Waals surface area contributed by atoms with Gasteiger partial charge in [-0.2, -0.15) is 0 Å². The van der Waals surface area contributed by atoms with Crippen LogP contribution in [-0.2, 0) is 28.9 Å². The van der Waals surface area contributed by atoms with E-state index in [1.807, 2.05) is 24.8 Å². The largest absolute Gasteiger partial charge is 0.465 e. The number of esters is 1. The van der Waals surface area contributed by atoms with Gasteiger partial charge in [-0.05, 0) is 56.2 Å². The van der Waals surface area contributed by atoms with E-state index in [9.17, 15) is 4.79 Å². The summed E-state index contributed by atoms with van der Waals surface area (Å²) in [5.74, 6) is -0.149. The number of hydrogen-bond acceptors (Lipinski definition) is 3. The van der Waals surface area contributed by atoms with Gasteiger partial charge >= 0.3 is 5.97 Å². The number of carbonyl (C=O) groups excluding carboxylic acids is 1. The zero-order valence-corrected chi connectivity index (χ0v) is 16.4. The maximum absolute atomic E-state index is 12.1. The Kier molecular flexibility index (Phi) is 5.28. The van der Waals surface area contributed by atoms with Gasteiger partial charge in [-0.15, -0.1) is 0 Å². The highest BCUT2D eigenvalue weighted by Gasteiger charge is 2.32. The van der Waals surface area contributed by atoms with Crippen LogP contribution in [0.2, 0.25) is 0 Å². The average molecular weight is 358 g/mol. The minimum Gasteiger partial charge on any atom is -0.465 e. The molecule has 1 aliphatic carbocycles. The van der Waals surface area contributed by atoms with Gasteiger partial charge in [0.05, 0.1) is 6.61 Å². The molecule has 0 N–H and O–H groups in total. The van der Waals surface area contributed by atoms with Crippen molar-refractivity contribution in [2.45, 2.75) is 63.3 Å². The highest BCUT2D eigenvalue weighted by Crippen LogP contribution is 2.44. The number of aromatic nitrogens is 1. The molecule has 3 nitrogen and oxygen atoms in total. The second-order valence-electron chi connectivity index (χ2n) is 7.49. The average Bonchev–Trinajstić information content (AvgIpc) is 2.80. The van der Waals surface area contributed by atoms with Crippen LogP contribution in [0.15, 0.2) is 40.1 Å². The minimum absolute atomic E-state index is 0.149. The fourth-order valence-electron chi connectivity index (χ4n) is 3.62. The summed E-state index contributed by atoms with van der Waals surface area (Å²) in [6.45, 7) is 9.42. The first-order valence-corrected chi connectivity index (χ1v) is 9.82. The molecule has 1 aliphatic rings. The number of fused-ring (bicyclic) bond motifs is 1. The molecule has 0 saturated heterocycles. The number of carbonyl (C=O) groups is 1. The Bertz CT molecular complexity index is 762. The molecule has 25 heavy (non-hydrogen) atoms. The van der Waals surface area contributed by atoms with Crippen LogP contribution < -0.4 is 0 Å². The molecular weight excluding hydrogens is 330 g/mol. The van der Waals surface area contributed by atoms with E-state index < -0.39 is 0 Å². The lowest BCUT2D eigenvalue weighted by Gasteiger charge is -2.30. The molecule has 0 saturated carbocycles. The highest BCUT2D eigenvalue weighted by atomic mass is 32.2. The predicted octanol–water partition coefficient (Wildman–Crippen LogP) is 5.03. The first-order chi connectivity index (χ1) is 11.9. The summed E-state index contributed by atoms with van der Waals surface area (Å²) in [5, 5.41) is 0. The van der Waals surface area contributed by atoms with Gasteiger partial charge in [-0.3, -0.25) is 4.79 Å². The number of ether oxygens (including phenoxy) is 1. The minimum atomic E-state index is -0.149.